The summed E-state index contributed by atoms with van der Waals surface area (Å²) in [4.78, 5) is 30.7. The van der Waals surface area contributed by atoms with Crippen LogP contribution in [0, 0.1) is 13.8 Å². The van der Waals surface area contributed by atoms with Crippen LogP contribution in [0.4, 0.5) is 5.69 Å². The Kier molecular flexibility index (Phi) is 6.71. The second-order valence-electron chi connectivity index (χ2n) is 7.30. The third kappa shape index (κ3) is 4.60. The van der Waals surface area contributed by atoms with E-state index >= 15 is 0 Å². The standard InChI is InChI=1S/C24H23N3O4S2/c1-14-6-5-7-18(15(14)2)27-23(29)22-17(10-11-32-22)26-24(27)33-13-21(28)25-16-8-9-19(30-3)20(12-16)31-4/h5-12H,13H2,1-4H3,(H,25,28). The molecule has 9 heteroatoms. The molecule has 7 nitrogen and oxygen atoms in total. The first-order valence-electron chi connectivity index (χ1n) is 10.1. The molecule has 0 aliphatic carbocycles. The van der Waals surface area contributed by atoms with Gasteiger partial charge >= 0.3 is 0 Å². The average Bonchev–Trinajstić information content (AvgIpc) is 3.29. The van der Waals surface area contributed by atoms with Crippen molar-refractivity contribution in [3.05, 3.63) is 69.3 Å². The second kappa shape index (κ2) is 9.68. The number of nitrogens with one attached hydrogen (secondary N) is 1. The molecule has 0 bridgehead atoms. The number of aryl methyl sites for hydroxylation is 1. The molecule has 0 saturated carbocycles. The van der Waals surface area contributed by atoms with Gasteiger partial charge in [-0.2, -0.15) is 0 Å². The number of rotatable bonds is 7. The van der Waals surface area contributed by atoms with Crippen molar-refractivity contribution in [2.24, 2.45) is 0 Å². The molecule has 0 fully saturated rings. The van der Waals surface area contributed by atoms with E-state index in [9.17, 15) is 9.59 Å². The Labute approximate surface area is 199 Å². The van der Waals surface area contributed by atoms with Gasteiger partial charge in [-0.05, 0) is 54.6 Å². The Morgan fingerprint density at radius 1 is 1.12 bits per heavy atom. The molecule has 2 aromatic carbocycles. The Bertz CT molecular complexity index is 1390. The topological polar surface area (TPSA) is 82.5 Å². The number of amides is 1. The number of carbonyl (C=O) groups excluding carboxylic acids is 1. The highest BCUT2D eigenvalue weighted by Gasteiger charge is 2.17. The molecule has 0 unspecified atom stereocenters. The molecule has 1 amide bonds. The fourth-order valence-corrected chi connectivity index (χ4v) is 4.99. The summed E-state index contributed by atoms with van der Waals surface area (Å²) in [6, 6.07) is 12.8. The van der Waals surface area contributed by atoms with Gasteiger partial charge in [-0.3, -0.25) is 14.2 Å². The van der Waals surface area contributed by atoms with Crippen molar-refractivity contribution in [3.63, 3.8) is 0 Å². The minimum atomic E-state index is -0.223. The van der Waals surface area contributed by atoms with Gasteiger partial charge in [-0.15, -0.1) is 11.3 Å². The van der Waals surface area contributed by atoms with Crippen LogP contribution in [0.25, 0.3) is 15.9 Å². The summed E-state index contributed by atoms with van der Waals surface area (Å²) in [5.41, 5.74) is 3.93. The van der Waals surface area contributed by atoms with Crippen LogP contribution >= 0.6 is 23.1 Å². The van der Waals surface area contributed by atoms with E-state index in [0.29, 0.717) is 32.6 Å². The maximum Gasteiger partial charge on any atom is 0.276 e. The van der Waals surface area contributed by atoms with E-state index < -0.39 is 0 Å². The lowest BCUT2D eigenvalue weighted by Crippen LogP contribution is -2.23. The number of nitrogens with zero attached hydrogens (tertiary/aromatic N) is 2. The van der Waals surface area contributed by atoms with Crippen molar-refractivity contribution >= 4 is 44.9 Å². The molecule has 4 aromatic rings. The van der Waals surface area contributed by atoms with E-state index in [4.69, 9.17) is 14.5 Å². The molecular formula is C24H23N3O4S2. The number of hydrogen-bond acceptors (Lipinski definition) is 7. The van der Waals surface area contributed by atoms with E-state index in [0.717, 1.165) is 16.8 Å². The molecule has 4 rings (SSSR count). The van der Waals surface area contributed by atoms with Gasteiger partial charge in [0.1, 0.15) is 4.70 Å². The van der Waals surface area contributed by atoms with Gasteiger partial charge < -0.3 is 14.8 Å². The zero-order valence-corrected chi connectivity index (χ0v) is 20.3. The summed E-state index contributed by atoms with van der Waals surface area (Å²) in [6.07, 6.45) is 0. The van der Waals surface area contributed by atoms with Gasteiger partial charge in [0, 0.05) is 11.8 Å². The predicted octanol–water partition coefficient (Wildman–Crippen LogP) is 4.81. The van der Waals surface area contributed by atoms with Gasteiger partial charge in [0.25, 0.3) is 5.56 Å². The molecule has 0 saturated heterocycles. The normalized spacial score (nSPS) is 10.9. The first-order chi connectivity index (χ1) is 15.9. The number of aromatic nitrogens is 2. The van der Waals surface area contributed by atoms with Crippen molar-refractivity contribution in [2.75, 3.05) is 25.3 Å². The van der Waals surface area contributed by atoms with Crippen LogP contribution < -0.4 is 20.3 Å². The van der Waals surface area contributed by atoms with Crippen molar-refractivity contribution in [1.29, 1.82) is 0 Å². The van der Waals surface area contributed by atoms with Gasteiger partial charge in [-0.25, -0.2) is 4.98 Å². The Balaban J connectivity index is 1.63. The number of benzene rings is 2. The van der Waals surface area contributed by atoms with Gasteiger partial charge in [0.05, 0.1) is 31.2 Å². The number of methoxy groups -OCH3 is 2. The van der Waals surface area contributed by atoms with Crippen molar-refractivity contribution < 1.29 is 14.3 Å². The summed E-state index contributed by atoms with van der Waals surface area (Å²) in [5.74, 6) is 0.966. The van der Waals surface area contributed by atoms with Crippen molar-refractivity contribution in [1.82, 2.24) is 9.55 Å². The fraction of sp³-hybridized carbons (Fsp3) is 0.208. The van der Waals surface area contributed by atoms with Gasteiger partial charge in [0.15, 0.2) is 16.7 Å². The minimum absolute atomic E-state index is 0.0846. The molecule has 0 aliphatic heterocycles. The Morgan fingerprint density at radius 3 is 2.67 bits per heavy atom. The van der Waals surface area contributed by atoms with Crippen LogP contribution in [0.3, 0.4) is 0 Å². The van der Waals surface area contributed by atoms with Crippen LogP contribution in [-0.4, -0.2) is 35.4 Å². The second-order valence-corrected chi connectivity index (χ2v) is 9.15. The van der Waals surface area contributed by atoms with Crippen molar-refractivity contribution in [2.45, 2.75) is 19.0 Å². The zero-order chi connectivity index (χ0) is 23.5. The molecule has 0 aliphatic rings. The quantitative estimate of drug-likeness (QED) is 0.301. The average molecular weight is 482 g/mol. The van der Waals surface area contributed by atoms with Crippen LogP contribution in [0.5, 0.6) is 11.5 Å². The minimum Gasteiger partial charge on any atom is -0.493 e. The summed E-state index contributed by atoms with van der Waals surface area (Å²) in [7, 11) is 3.09. The monoisotopic (exact) mass is 481 g/mol. The number of ether oxygens (including phenoxy) is 2. The highest BCUT2D eigenvalue weighted by molar-refractivity contribution is 7.99. The molecule has 1 N–H and O–H groups in total. The number of carbonyl (C=O) groups is 1. The maximum atomic E-state index is 13.3. The molecule has 0 atom stereocenters. The third-order valence-corrected chi connectivity index (χ3v) is 7.10. The Hall–Kier alpha value is -3.30. The Morgan fingerprint density at radius 2 is 1.91 bits per heavy atom. The summed E-state index contributed by atoms with van der Waals surface area (Å²) < 4.78 is 12.7. The number of thioether (sulfide) groups is 1. The smallest absolute Gasteiger partial charge is 0.276 e. The molecule has 33 heavy (non-hydrogen) atoms. The molecule has 0 spiro atoms. The molecule has 0 radical (unpaired) electrons. The van der Waals surface area contributed by atoms with Crippen LogP contribution in [-0.2, 0) is 4.79 Å². The lowest BCUT2D eigenvalue weighted by molar-refractivity contribution is -0.113. The number of fused-ring (bicyclic) bond motifs is 1. The highest BCUT2D eigenvalue weighted by Crippen LogP contribution is 2.30. The molecule has 2 heterocycles. The van der Waals surface area contributed by atoms with E-state index in [1.54, 1.807) is 29.9 Å². The first kappa shape index (κ1) is 22.9. The van der Waals surface area contributed by atoms with E-state index in [1.165, 1.54) is 30.2 Å². The third-order valence-electron chi connectivity index (χ3n) is 5.27. The maximum absolute atomic E-state index is 13.3. The number of anilines is 1. The van der Waals surface area contributed by atoms with E-state index in [-0.39, 0.29) is 17.2 Å². The van der Waals surface area contributed by atoms with Gasteiger partial charge in [-0.1, -0.05) is 23.9 Å². The first-order valence-corrected chi connectivity index (χ1v) is 12.0. The van der Waals surface area contributed by atoms with Crippen LogP contribution in [0.15, 0.2) is 57.8 Å². The SMILES string of the molecule is COc1ccc(NC(=O)CSc2nc3ccsc3c(=O)n2-c2cccc(C)c2C)cc1OC. The summed E-state index contributed by atoms with van der Waals surface area (Å²) in [5, 5.41) is 5.18. The lowest BCUT2D eigenvalue weighted by Gasteiger charge is -2.15. The largest absolute Gasteiger partial charge is 0.493 e. The van der Waals surface area contributed by atoms with Crippen LogP contribution in [0.2, 0.25) is 0 Å². The summed E-state index contributed by atoms with van der Waals surface area (Å²) >= 11 is 2.59. The summed E-state index contributed by atoms with van der Waals surface area (Å²) in [6.45, 7) is 3.98. The highest BCUT2D eigenvalue weighted by atomic mass is 32.2. The van der Waals surface area contributed by atoms with Gasteiger partial charge in [0.2, 0.25) is 5.91 Å². The van der Waals surface area contributed by atoms with Crippen LogP contribution in [0.1, 0.15) is 11.1 Å². The van der Waals surface area contributed by atoms with E-state index in [2.05, 4.69) is 5.32 Å². The lowest BCUT2D eigenvalue weighted by atomic mass is 10.1. The fourth-order valence-electron chi connectivity index (χ4n) is 3.42. The van der Waals surface area contributed by atoms with E-state index in [1.807, 2.05) is 43.5 Å². The van der Waals surface area contributed by atoms with Crippen molar-refractivity contribution in [3.8, 4) is 17.2 Å². The number of thiophene rings is 1. The predicted molar refractivity (Wildman–Crippen MR) is 134 cm³/mol. The molecular weight excluding hydrogens is 458 g/mol. The molecule has 2 aromatic heterocycles. The zero-order valence-electron chi connectivity index (χ0n) is 18.7. The number of hydrogen-bond donors (Lipinski definition) is 1. The molecule has 170 valence electrons.